The number of thiophene rings is 1. The molecule has 0 aliphatic rings. The molecule has 0 bridgehead atoms. The molecule has 1 unspecified atom stereocenters. The van der Waals surface area contributed by atoms with Gasteiger partial charge in [0.05, 0.1) is 9.23 Å². The Morgan fingerprint density at radius 2 is 1.72 bits per heavy atom. The molecule has 1 atom stereocenters. The van der Waals surface area contributed by atoms with E-state index in [4.69, 9.17) is 11.6 Å². The number of sulfonamides is 1. The summed E-state index contributed by atoms with van der Waals surface area (Å²) in [7, 11) is -3.40. The van der Waals surface area contributed by atoms with Crippen LogP contribution in [-0.2, 0) is 16.6 Å². The van der Waals surface area contributed by atoms with Gasteiger partial charge in [0, 0.05) is 30.6 Å². The zero-order valence-corrected chi connectivity index (χ0v) is 17.7. The van der Waals surface area contributed by atoms with E-state index in [1.165, 1.54) is 9.18 Å². The molecule has 0 spiro atoms. The Morgan fingerprint density at radius 1 is 1.12 bits per heavy atom. The van der Waals surface area contributed by atoms with E-state index < -0.39 is 10.0 Å². The van der Waals surface area contributed by atoms with Crippen LogP contribution in [0.15, 0.2) is 41.3 Å². The van der Waals surface area contributed by atoms with Gasteiger partial charge in [-0.3, -0.25) is 0 Å². The average Bonchev–Trinajstić information content (AvgIpc) is 2.99. The summed E-state index contributed by atoms with van der Waals surface area (Å²) in [6, 6.07) is 11.1. The number of rotatable bonds is 8. The van der Waals surface area contributed by atoms with Crippen LogP contribution in [0.3, 0.4) is 0 Å². The number of hydrogen-bond acceptors (Lipinski definition) is 4. The van der Waals surface area contributed by atoms with Crippen LogP contribution in [0, 0.1) is 0 Å². The van der Waals surface area contributed by atoms with Gasteiger partial charge in [0.2, 0.25) is 10.0 Å². The highest BCUT2D eigenvalue weighted by molar-refractivity contribution is 7.89. The Kier molecular flexibility index (Phi) is 8.87. The SMILES string of the molecule is CCN(CC)S(=O)(=O)c1ccc(C(C)NCc2ccc(Cl)s2)cc1.Cl. The van der Waals surface area contributed by atoms with Crippen molar-refractivity contribution in [3.8, 4) is 0 Å². The molecule has 0 fully saturated rings. The number of hydrogen-bond donors (Lipinski definition) is 1. The molecule has 0 aliphatic carbocycles. The predicted octanol–water partition coefficient (Wildman–Crippen LogP) is 4.70. The van der Waals surface area contributed by atoms with Gasteiger partial charge >= 0.3 is 0 Å². The van der Waals surface area contributed by atoms with E-state index in [2.05, 4.69) is 12.2 Å². The van der Waals surface area contributed by atoms with Crippen LogP contribution in [0.25, 0.3) is 0 Å². The van der Waals surface area contributed by atoms with E-state index in [0.717, 1.165) is 16.4 Å². The van der Waals surface area contributed by atoms with Crippen LogP contribution in [0.5, 0.6) is 0 Å². The third kappa shape index (κ3) is 5.67. The van der Waals surface area contributed by atoms with Crippen molar-refractivity contribution in [1.29, 1.82) is 0 Å². The maximum Gasteiger partial charge on any atom is 0.243 e. The molecular weight excluding hydrogens is 399 g/mol. The zero-order chi connectivity index (χ0) is 17.7. The number of benzene rings is 1. The standard InChI is InChI=1S/C17H23ClN2O2S2.ClH/c1-4-20(5-2)24(21,22)16-9-6-14(7-10-16)13(3)19-12-15-8-11-17(18)23-15;/h6-11,13,19H,4-5,12H2,1-3H3;1H. The second-order valence-electron chi connectivity index (χ2n) is 5.47. The van der Waals surface area contributed by atoms with Gasteiger partial charge < -0.3 is 5.32 Å². The molecule has 25 heavy (non-hydrogen) atoms. The molecule has 0 saturated carbocycles. The quantitative estimate of drug-likeness (QED) is 0.669. The number of nitrogens with zero attached hydrogens (tertiary/aromatic N) is 1. The summed E-state index contributed by atoms with van der Waals surface area (Å²) in [4.78, 5) is 1.51. The zero-order valence-electron chi connectivity index (χ0n) is 14.5. The van der Waals surface area contributed by atoms with E-state index in [9.17, 15) is 8.42 Å². The van der Waals surface area contributed by atoms with Gasteiger partial charge in [0.25, 0.3) is 0 Å². The summed E-state index contributed by atoms with van der Waals surface area (Å²) in [6.07, 6.45) is 0. The van der Waals surface area contributed by atoms with Gasteiger partial charge in [-0.05, 0) is 36.8 Å². The summed E-state index contributed by atoms with van der Waals surface area (Å²) in [5.74, 6) is 0. The lowest BCUT2D eigenvalue weighted by atomic mass is 10.1. The molecular formula is C17H24Cl2N2O2S2. The minimum atomic E-state index is -3.40. The predicted molar refractivity (Wildman–Crippen MR) is 108 cm³/mol. The monoisotopic (exact) mass is 422 g/mol. The molecule has 1 aromatic heterocycles. The molecule has 0 amide bonds. The van der Waals surface area contributed by atoms with Crippen molar-refractivity contribution in [1.82, 2.24) is 9.62 Å². The van der Waals surface area contributed by atoms with Crippen molar-refractivity contribution in [2.24, 2.45) is 0 Å². The molecule has 2 rings (SSSR count). The highest BCUT2D eigenvalue weighted by Gasteiger charge is 2.21. The van der Waals surface area contributed by atoms with Gasteiger partial charge in [-0.25, -0.2) is 8.42 Å². The molecule has 2 aromatic rings. The van der Waals surface area contributed by atoms with Crippen LogP contribution in [0.2, 0.25) is 4.34 Å². The van der Waals surface area contributed by atoms with Gasteiger partial charge in [-0.2, -0.15) is 4.31 Å². The average molecular weight is 423 g/mol. The fraction of sp³-hybridized carbons (Fsp3) is 0.412. The van der Waals surface area contributed by atoms with Crippen molar-refractivity contribution < 1.29 is 8.42 Å². The minimum Gasteiger partial charge on any atom is -0.305 e. The highest BCUT2D eigenvalue weighted by Crippen LogP contribution is 2.23. The van der Waals surface area contributed by atoms with E-state index in [1.807, 2.05) is 38.1 Å². The van der Waals surface area contributed by atoms with Crippen molar-refractivity contribution in [2.45, 2.75) is 38.3 Å². The molecule has 140 valence electrons. The summed E-state index contributed by atoms with van der Waals surface area (Å²) < 4.78 is 27.2. The molecule has 0 radical (unpaired) electrons. The summed E-state index contributed by atoms with van der Waals surface area (Å²) >= 11 is 7.49. The van der Waals surface area contributed by atoms with E-state index in [0.29, 0.717) is 18.0 Å². The van der Waals surface area contributed by atoms with Crippen molar-refractivity contribution in [2.75, 3.05) is 13.1 Å². The van der Waals surface area contributed by atoms with E-state index in [-0.39, 0.29) is 18.4 Å². The first kappa shape index (κ1) is 22.4. The Morgan fingerprint density at radius 3 is 2.20 bits per heavy atom. The topological polar surface area (TPSA) is 49.4 Å². The normalized spacial score (nSPS) is 12.8. The molecule has 1 N–H and O–H groups in total. The van der Waals surface area contributed by atoms with Crippen molar-refractivity contribution in [3.63, 3.8) is 0 Å². The summed E-state index contributed by atoms with van der Waals surface area (Å²) in [5.41, 5.74) is 1.05. The van der Waals surface area contributed by atoms with Gasteiger partial charge in [-0.15, -0.1) is 23.7 Å². The Labute approximate surface area is 165 Å². The number of nitrogens with one attached hydrogen (secondary N) is 1. The van der Waals surface area contributed by atoms with Gasteiger partial charge in [0.1, 0.15) is 0 Å². The Hall–Kier alpha value is -0.630. The lowest BCUT2D eigenvalue weighted by molar-refractivity contribution is 0.445. The highest BCUT2D eigenvalue weighted by atomic mass is 35.5. The Balaban J connectivity index is 0.00000312. The second kappa shape index (κ2) is 9.90. The van der Waals surface area contributed by atoms with E-state index >= 15 is 0 Å². The third-order valence-corrected chi connectivity index (χ3v) is 7.23. The largest absolute Gasteiger partial charge is 0.305 e. The maximum atomic E-state index is 12.5. The van der Waals surface area contributed by atoms with Crippen LogP contribution in [-0.4, -0.2) is 25.8 Å². The maximum absolute atomic E-state index is 12.5. The second-order valence-corrected chi connectivity index (χ2v) is 9.20. The van der Waals surface area contributed by atoms with Crippen molar-refractivity contribution in [3.05, 3.63) is 51.2 Å². The van der Waals surface area contributed by atoms with Gasteiger partial charge in [0.15, 0.2) is 0 Å². The van der Waals surface area contributed by atoms with Crippen LogP contribution in [0.4, 0.5) is 0 Å². The van der Waals surface area contributed by atoms with Crippen LogP contribution >= 0.6 is 35.3 Å². The molecule has 0 saturated heterocycles. The third-order valence-electron chi connectivity index (χ3n) is 3.93. The lowest BCUT2D eigenvalue weighted by Crippen LogP contribution is -2.30. The summed E-state index contributed by atoms with van der Waals surface area (Å²) in [6.45, 7) is 7.43. The summed E-state index contributed by atoms with van der Waals surface area (Å²) in [5, 5.41) is 3.42. The number of halogens is 2. The Bertz CT molecular complexity index is 757. The first-order valence-corrected chi connectivity index (χ1v) is 10.6. The lowest BCUT2D eigenvalue weighted by Gasteiger charge is -2.19. The molecule has 8 heteroatoms. The van der Waals surface area contributed by atoms with Crippen molar-refractivity contribution >= 4 is 45.4 Å². The van der Waals surface area contributed by atoms with Gasteiger partial charge in [-0.1, -0.05) is 37.6 Å². The first-order chi connectivity index (χ1) is 11.4. The fourth-order valence-electron chi connectivity index (χ4n) is 2.46. The minimum absolute atomic E-state index is 0. The van der Waals surface area contributed by atoms with Crippen LogP contribution in [0.1, 0.15) is 37.3 Å². The van der Waals surface area contributed by atoms with E-state index in [1.54, 1.807) is 23.5 Å². The molecule has 1 heterocycles. The molecule has 4 nitrogen and oxygen atoms in total. The molecule has 1 aromatic carbocycles. The molecule has 0 aliphatic heterocycles. The first-order valence-electron chi connectivity index (χ1n) is 7.96. The van der Waals surface area contributed by atoms with Crippen LogP contribution < -0.4 is 5.32 Å². The smallest absolute Gasteiger partial charge is 0.243 e. The fourth-order valence-corrected chi connectivity index (χ4v) is 4.96.